The van der Waals surface area contributed by atoms with Crippen LogP contribution in [0.2, 0.25) is 5.28 Å². The Balaban J connectivity index is 2.88. The Hall–Kier alpha value is -1.16. The number of rotatable bonds is 0. The summed E-state index contributed by atoms with van der Waals surface area (Å²) in [6, 6.07) is 1.76. The van der Waals surface area contributed by atoms with E-state index in [2.05, 4.69) is 15.1 Å². The molecule has 0 aliphatic rings. The largest absolute Gasteiger partial charge is 0.253 e. The van der Waals surface area contributed by atoms with Gasteiger partial charge in [-0.25, -0.2) is 9.50 Å². The van der Waals surface area contributed by atoms with Gasteiger partial charge >= 0.3 is 0 Å². The number of nitrogens with zero attached hydrogens (tertiary/aromatic N) is 4. The number of fused-ring (bicyclic) bond motifs is 1. The highest BCUT2D eigenvalue weighted by Gasteiger charge is 1.97. The van der Waals surface area contributed by atoms with Crippen molar-refractivity contribution in [2.45, 2.75) is 0 Å². The van der Waals surface area contributed by atoms with Crippen LogP contribution in [0.25, 0.3) is 5.78 Å². The molecule has 0 fully saturated rings. The van der Waals surface area contributed by atoms with E-state index in [0.717, 1.165) is 0 Å². The van der Waals surface area contributed by atoms with E-state index in [4.69, 9.17) is 11.6 Å². The van der Waals surface area contributed by atoms with Gasteiger partial charge < -0.3 is 0 Å². The lowest BCUT2D eigenvalue weighted by Gasteiger charge is -1.83. The Morgan fingerprint density at radius 1 is 1.50 bits per heavy atom. The highest BCUT2D eigenvalue weighted by molar-refractivity contribution is 6.28. The molecule has 2 aromatic heterocycles. The molecule has 0 saturated carbocycles. The van der Waals surface area contributed by atoms with Crippen LogP contribution in [0.3, 0.4) is 0 Å². The van der Waals surface area contributed by atoms with Crippen LogP contribution in [0.15, 0.2) is 18.5 Å². The highest BCUT2D eigenvalue weighted by atomic mass is 35.5. The molecule has 2 aromatic rings. The van der Waals surface area contributed by atoms with Crippen LogP contribution in [-0.4, -0.2) is 19.6 Å². The number of hydrogen-bond donors (Lipinski definition) is 0. The molecule has 0 aromatic carbocycles. The van der Waals surface area contributed by atoms with Gasteiger partial charge in [0.1, 0.15) is 0 Å². The van der Waals surface area contributed by atoms with Crippen LogP contribution in [0.4, 0.5) is 0 Å². The van der Waals surface area contributed by atoms with Crippen molar-refractivity contribution in [1.29, 1.82) is 0 Å². The minimum atomic E-state index is 0.221. The Kier molecular flexibility index (Phi) is 1.07. The van der Waals surface area contributed by atoms with Crippen molar-refractivity contribution in [3.8, 4) is 0 Å². The minimum absolute atomic E-state index is 0.221. The Morgan fingerprint density at radius 2 is 2.40 bits per heavy atom. The van der Waals surface area contributed by atoms with Gasteiger partial charge in [-0.05, 0) is 17.7 Å². The van der Waals surface area contributed by atoms with E-state index in [1.807, 2.05) is 0 Å². The van der Waals surface area contributed by atoms with Crippen LogP contribution in [0.5, 0.6) is 0 Å². The fraction of sp³-hybridized carbons (Fsp3) is 0. The Labute approximate surface area is 61.5 Å². The van der Waals surface area contributed by atoms with Gasteiger partial charge in [0.25, 0.3) is 5.78 Å². The van der Waals surface area contributed by atoms with Gasteiger partial charge in [-0.15, -0.1) is 5.10 Å². The molecular weight excluding hydrogens is 152 g/mol. The van der Waals surface area contributed by atoms with E-state index < -0.39 is 0 Å². The lowest BCUT2D eigenvalue weighted by molar-refractivity contribution is 0.939. The maximum atomic E-state index is 5.50. The predicted octanol–water partition coefficient (Wildman–Crippen LogP) is 0.778. The average Bonchev–Trinajstić information content (AvgIpc) is 2.27. The summed E-state index contributed by atoms with van der Waals surface area (Å²) in [5, 5.41) is 4.04. The maximum Gasteiger partial charge on any atom is 0.253 e. The first-order valence-corrected chi connectivity index (χ1v) is 3.07. The zero-order valence-electron chi connectivity index (χ0n) is 4.90. The first kappa shape index (κ1) is 5.61. The highest BCUT2D eigenvalue weighted by Crippen LogP contribution is 2.00. The van der Waals surface area contributed by atoms with Gasteiger partial charge in [0.05, 0.1) is 0 Å². The van der Waals surface area contributed by atoms with Crippen molar-refractivity contribution < 1.29 is 0 Å². The summed E-state index contributed by atoms with van der Waals surface area (Å²) in [7, 11) is 0. The zero-order valence-corrected chi connectivity index (χ0v) is 5.65. The molecule has 0 aliphatic heterocycles. The van der Waals surface area contributed by atoms with Crippen LogP contribution in [-0.2, 0) is 0 Å². The van der Waals surface area contributed by atoms with Crippen molar-refractivity contribution >= 4 is 17.4 Å². The molecule has 5 heteroatoms. The average molecular weight is 155 g/mol. The van der Waals surface area contributed by atoms with Gasteiger partial charge in [-0.3, -0.25) is 0 Å². The maximum absolute atomic E-state index is 5.50. The smallest absolute Gasteiger partial charge is 0.220 e. The molecule has 0 amide bonds. The lowest BCUT2D eigenvalue weighted by atomic mass is 10.7. The number of aromatic nitrogens is 4. The molecule has 0 aliphatic carbocycles. The van der Waals surface area contributed by atoms with Gasteiger partial charge in [-0.2, -0.15) is 4.98 Å². The van der Waals surface area contributed by atoms with Crippen molar-refractivity contribution in [2.75, 3.05) is 0 Å². The minimum Gasteiger partial charge on any atom is -0.220 e. The SMILES string of the molecule is Clc1nc2ncccn2n1. The summed E-state index contributed by atoms with van der Waals surface area (Å²) in [4.78, 5) is 7.73. The number of halogens is 1. The lowest BCUT2D eigenvalue weighted by Crippen LogP contribution is -1.86. The Bertz CT molecular complexity index is 322. The second-order valence-corrected chi connectivity index (χ2v) is 2.08. The first-order chi connectivity index (χ1) is 4.86. The molecule has 0 radical (unpaired) electrons. The second-order valence-electron chi connectivity index (χ2n) is 1.75. The normalized spacial score (nSPS) is 10.5. The first-order valence-electron chi connectivity index (χ1n) is 2.69. The topological polar surface area (TPSA) is 43.1 Å². The molecule has 0 bridgehead atoms. The van der Waals surface area contributed by atoms with Crippen molar-refractivity contribution in [2.24, 2.45) is 0 Å². The van der Waals surface area contributed by atoms with Crippen molar-refractivity contribution in [3.63, 3.8) is 0 Å². The van der Waals surface area contributed by atoms with E-state index >= 15 is 0 Å². The van der Waals surface area contributed by atoms with E-state index in [-0.39, 0.29) is 5.28 Å². The number of hydrogen-bond acceptors (Lipinski definition) is 3. The summed E-state index contributed by atoms with van der Waals surface area (Å²) in [5.74, 6) is 0.521. The quantitative estimate of drug-likeness (QED) is 0.563. The zero-order chi connectivity index (χ0) is 6.97. The van der Waals surface area contributed by atoms with E-state index in [9.17, 15) is 0 Å². The summed E-state index contributed by atoms with van der Waals surface area (Å²) >= 11 is 5.50. The van der Waals surface area contributed by atoms with Crippen LogP contribution in [0.1, 0.15) is 0 Å². The second kappa shape index (κ2) is 1.91. The van der Waals surface area contributed by atoms with Crippen LogP contribution >= 0.6 is 11.6 Å². The molecule has 0 saturated heterocycles. The predicted molar refractivity (Wildman–Crippen MR) is 35.8 cm³/mol. The van der Waals surface area contributed by atoms with E-state index in [0.29, 0.717) is 5.78 Å². The molecule has 0 atom stereocenters. The molecule has 0 N–H and O–H groups in total. The molecule has 0 unspecified atom stereocenters. The fourth-order valence-electron chi connectivity index (χ4n) is 0.707. The monoisotopic (exact) mass is 154 g/mol. The molecular formula is C5H3ClN4. The van der Waals surface area contributed by atoms with Gasteiger partial charge in [-0.1, -0.05) is 0 Å². The van der Waals surface area contributed by atoms with Crippen molar-refractivity contribution in [1.82, 2.24) is 19.6 Å². The van der Waals surface area contributed by atoms with Crippen LogP contribution in [0, 0.1) is 0 Å². The van der Waals surface area contributed by atoms with Crippen LogP contribution < -0.4 is 0 Å². The third kappa shape index (κ3) is 0.733. The molecule has 0 spiro atoms. The fourth-order valence-corrected chi connectivity index (χ4v) is 0.864. The third-order valence-corrected chi connectivity index (χ3v) is 1.25. The van der Waals surface area contributed by atoms with Gasteiger partial charge in [0.15, 0.2) is 0 Å². The summed E-state index contributed by atoms with van der Waals surface area (Å²) < 4.78 is 1.52. The molecule has 2 rings (SSSR count). The van der Waals surface area contributed by atoms with E-state index in [1.165, 1.54) is 4.52 Å². The standard InChI is InChI=1S/C5H3ClN4/c6-4-8-5-7-2-1-3-10(5)9-4/h1-3H. The molecule has 2 heterocycles. The summed E-state index contributed by atoms with van der Waals surface area (Å²) in [6.45, 7) is 0. The van der Waals surface area contributed by atoms with Gasteiger partial charge in [0.2, 0.25) is 5.28 Å². The summed E-state index contributed by atoms with van der Waals surface area (Å²) in [6.07, 6.45) is 3.38. The van der Waals surface area contributed by atoms with Crippen molar-refractivity contribution in [3.05, 3.63) is 23.7 Å². The van der Waals surface area contributed by atoms with Gasteiger partial charge in [0, 0.05) is 12.4 Å². The molecule has 50 valence electrons. The third-order valence-electron chi connectivity index (χ3n) is 1.09. The molecule has 4 nitrogen and oxygen atoms in total. The Morgan fingerprint density at radius 3 is 3.20 bits per heavy atom. The van der Waals surface area contributed by atoms with E-state index in [1.54, 1.807) is 18.5 Å². The summed E-state index contributed by atoms with van der Waals surface area (Å²) in [5.41, 5.74) is 0. The molecule has 10 heavy (non-hydrogen) atoms.